The molecule has 3 aromatic rings. The Hall–Kier alpha value is -3.15. The first-order chi connectivity index (χ1) is 13.2. The number of H-pyrrole nitrogens is 1. The van der Waals surface area contributed by atoms with E-state index in [2.05, 4.69) is 81.1 Å². The summed E-state index contributed by atoms with van der Waals surface area (Å²) in [5, 5.41) is 13.6. The number of aryl methyl sites for hydroxylation is 1. The molecule has 3 rings (SSSR count). The summed E-state index contributed by atoms with van der Waals surface area (Å²) in [7, 11) is 1.78. The number of aromatic amines is 1. The number of nitrogens with zero attached hydrogens (tertiary/aromatic N) is 3. The molecule has 0 radical (unpaired) electrons. The lowest BCUT2D eigenvalue weighted by Crippen LogP contribution is -2.38. The Morgan fingerprint density at radius 1 is 1.15 bits per heavy atom. The van der Waals surface area contributed by atoms with Crippen molar-refractivity contribution in [1.82, 2.24) is 25.8 Å². The van der Waals surface area contributed by atoms with Gasteiger partial charge in [-0.25, -0.2) is 4.98 Å². The highest BCUT2D eigenvalue weighted by Crippen LogP contribution is 2.16. The summed E-state index contributed by atoms with van der Waals surface area (Å²) >= 11 is 0. The molecule has 0 spiro atoms. The Bertz CT molecular complexity index is 868. The van der Waals surface area contributed by atoms with Gasteiger partial charge in [0.05, 0.1) is 6.04 Å². The number of nitrogens with one attached hydrogen (secondary N) is 3. The molecule has 0 bridgehead atoms. The molecule has 3 N–H and O–H groups in total. The number of rotatable bonds is 6. The van der Waals surface area contributed by atoms with E-state index < -0.39 is 0 Å². The molecule has 2 aromatic carbocycles. The van der Waals surface area contributed by atoms with E-state index >= 15 is 0 Å². The Kier molecular flexibility index (Phi) is 6.20. The minimum Gasteiger partial charge on any atom is -0.352 e. The highest BCUT2D eigenvalue weighted by Gasteiger charge is 2.08. The van der Waals surface area contributed by atoms with E-state index in [9.17, 15) is 0 Å². The van der Waals surface area contributed by atoms with Crippen molar-refractivity contribution in [2.24, 2.45) is 4.99 Å². The van der Waals surface area contributed by atoms with Crippen LogP contribution in [0.4, 0.5) is 0 Å². The molecule has 1 aromatic heterocycles. The molecule has 0 saturated carbocycles. The maximum absolute atomic E-state index is 4.34. The van der Waals surface area contributed by atoms with Gasteiger partial charge in [-0.1, -0.05) is 49.4 Å². The van der Waals surface area contributed by atoms with E-state index in [4.69, 9.17) is 0 Å². The summed E-state index contributed by atoms with van der Waals surface area (Å²) in [5.41, 5.74) is 4.74. The zero-order chi connectivity index (χ0) is 19.1. The smallest absolute Gasteiger partial charge is 0.191 e. The van der Waals surface area contributed by atoms with Crippen LogP contribution in [0, 0.1) is 0 Å². The third-order valence-electron chi connectivity index (χ3n) is 4.54. The molecule has 1 heterocycles. The number of hydrogen-bond acceptors (Lipinski definition) is 3. The topological polar surface area (TPSA) is 78.0 Å². The van der Waals surface area contributed by atoms with Gasteiger partial charge in [0.25, 0.3) is 0 Å². The van der Waals surface area contributed by atoms with Crippen LogP contribution in [-0.4, -0.2) is 28.2 Å². The van der Waals surface area contributed by atoms with Crippen molar-refractivity contribution in [1.29, 1.82) is 0 Å². The molecule has 1 unspecified atom stereocenters. The molecule has 6 nitrogen and oxygen atoms in total. The van der Waals surface area contributed by atoms with Gasteiger partial charge in [-0.15, -0.1) is 0 Å². The van der Waals surface area contributed by atoms with Gasteiger partial charge in [-0.3, -0.25) is 10.1 Å². The molecule has 1 atom stereocenters. The Labute approximate surface area is 160 Å². The molecular formula is C21H26N6. The molecular weight excluding hydrogens is 336 g/mol. The molecule has 0 amide bonds. The Morgan fingerprint density at radius 3 is 2.63 bits per heavy atom. The summed E-state index contributed by atoms with van der Waals surface area (Å²) in [4.78, 5) is 8.54. The van der Waals surface area contributed by atoms with Crippen LogP contribution in [0.1, 0.15) is 36.6 Å². The lowest BCUT2D eigenvalue weighted by Gasteiger charge is -2.18. The molecule has 0 aliphatic carbocycles. The molecule has 0 aliphatic rings. The maximum atomic E-state index is 4.34. The second kappa shape index (κ2) is 8.98. The van der Waals surface area contributed by atoms with Gasteiger partial charge in [-0.2, -0.15) is 5.10 Å². The average Bonchev–Trinajstić information content (AvgIpc) is 3.26. The van der Waals surface area contributed by atoms with Crippen LogP contribution < -0.4 is 10.6 Å². The zero-order valence-electron chi connectivity index (χ0n) is 16.0. The molecule has 0 fully saturated rings. The third kappa shape index (κ3) is 4.94. The van der Waals surface area contributed by atoms with Crippen LogP contribution in [0.25, 0.3) is 11.4 Å². The average molecular weight is 362 g/mol. The summed E-state index contributed by atoms with van der Waals surface area (Å²) in [6.07, 6.45) is 2.57. The zero-order valence-corrected chi connectivity index (χ0v) is 16.0. The molecule has 6 heteroatoms. The predicted octanol–water partition coefficient (Wildman–Crippen LogP) is 3.46. The number of guanidine groups is 1. The first-order valence-electron chi connectivity index (χ1n) is 9.20. The first-order valence-corrected chi connectivity index (χ1v) is 9.20. The highest BCUT2D eigenvalue weighted by atomic mass is 15.2. The standard InChI is InChI=1S/C21H26N6/c1-4-16-8-10-18(11-9-16)15(2)26-21(22-3)23-13-17-6-5-7-19(12-17)20-24-14-25-27-20/h5-12,14-15H,4,13H2,1-3H3,(H2,22,23,26)(H,24,25,27). The number of aromatic nitrogens is 3. The lowest BCUT2D eigenvalue weighted by atomic mass is 10.1. The fourth-order valence-corrected chi connectivity index (χ4v) is 2.88. The minimum atomic E-state index is 0.169. The largest absolute Gasteiger partial charge is 0.352 e. The van der Waals surface area contributed by atoms with Crippen LogP contribution in [0.3, 0.4) is 0 Å². The van der Waals surface area contributed by atoms with E-state index in [1.165, 1.54) is 17.5 Å². The van der Waals surface area contributed by atoms with Crippen LogP contribution >= 0.6 is 0 Å². The van der Waals surface area contributed by atoms with E-state index in [1.807, 2.05) is 12.1 Å². The highest BCUT2D eigenvalue weighted by molar-refractivity contribution is 5.80. The summed E-state index contributed by atoms with van der Waals surface area (Å²) in [6.45, 7) is 4.97. The Morgan fingerprint density at radius 2 is 1.96 bits per heavy atom. The van der Waals surface area contributed by atoms with Gasteiger partial charge >= 0.3 is 0 Å². The third-order valence-corrected chi connectivity index (χ3v) is 4.54. The van der Waals surface area contributed by atoms with E-state index in [0.29, 0.717) is 6.54 Å². The molecule has 140 valence electrons. The van der Waals surface area contributed by atoms with Gasteiger partial charge in [-0.05, 0) is 36.1 Å². The lowest BCUT2D eigenvalue weighted by molar-refractivity contribution is 0.685. The maximum Gasteiger partial charge on any atom is 0.191 e. The van der Waals surface area contributed by atoms with E-state index in [1.54, 1.807) is 7.05 Å². The number of benzene rings is 2. The monoisotopic (exact) mass is 362 g/mol. The van der Waals surface area contributed by atoms with Gasteiger partial charge in [0.15, 0.2) is 11.8 Å². The quantitative estimate of drug-likeness (QED) is 0.463. The second-order valence-electron chi connectivity index (χ2n) is 6.42. The van der Waals surface area contributed by atoms with Gasteiger partial charge < -0.3 is 10.6 Å². The van der Waals surface area contributed by atoms with Crippen LogP contribution in [0.2, 0.25) is 0 Å². The summed E-state index contributed by atoms with van der Waals surface area (Å²) < 4.78 is 0. The summed E-state index contributed by atoms with van der Waals surface area (Å²) in [6, 6.07) is 17.1. The van der Waals surface area contributed by atoms with Crippen molar-refractivity contribution >= 4 is 5.96 Å². The van der Waals surface area contributed by atoms with Crippen molar-refractivity contribution in [3.63, 3.8) is 0 Å². The van der Waals surface area contributed by atoms with Crippen LogP contribution in [0.5, 0.6) is 0 Å². The first kappa shape index (κ1) is 18.6. The fraction of sp³-hybridized carbons (Fsp3) is 0.286. The fourth-order valence-electron chi connectivity index (χ4n) is 2.88. The number of aliphatic imine (C=N–C) groups is 1. The second-order valence-corrected chi connectivity index (χ2v) is 6.42. The molecule has 0 saturated heterocycles. The van der Waals surface area contributed by atoms with Crippen molar-refractivity contribution in [3.05, 3.63) is 71.5 Å². The van der Waals surface area contributed by atoms with Crippen LogP contribution in [0.15, 0.2) is 59.9 Å². The van der Waals surface area contributed by atoms with E-state index in [-0.39, 0.29) is 6.04 Å². The Balaban J connectivity index is 1.59. The molecule has 27 heavy (non-hydrogen) atoms. The van der Waals surface area contributed by atoms with Crippen molar-refractivity contribution < 1.29 is 0 Å². The molecule has 0 aliphatic heterocycles. The van der Waals surface area contributed by atoms with Crippen LogP contribution in [-0.2, 0) is 13.0 Å². The SMILES string of the molecule is CCc1ccc(C(C)NC(=NC)NCc2cccc(-c3ncn[nH]3)c2)cc1. The van der Waals surface area contributed by atoms with Gasteiger partial charge in [0.1, 0.15) is 6.33 Å². The summed E-state index contributed by atoms with van der Waals surface area (Å²) in [5.74, 6) is 1.54. The normalized spacial score (nSPS) is 12.6. The van der Waals surface area contributed by atoms with Gasteiger partial charge in [0, 0.05) is 19.2 Å². The van der Waals surface area contributed by atoms with Crippen molar-refractivity contribution in [2.45, 2.75) is 32.9 Å². The predicted molar refractivity (Wildman–Crippen MR) is 109 cm³/mol. The van der Waals surface area contributed by atoms with E-state index in [0.717, 1.165) is 29.3 Å². The number of hydrogen-bond donors (Lipinski definition) is 3. The minimum absolute atomic E-state index is 0.169. The van der Waals surface area contributed by atoms with Gasteiger partial charge in [0.2, 0.25) is 0 Å². The van der Waals surface area contributed by atoms with Crippen molar-refractivity contribution in [2.75, 3.05) is 7.05 Å². The van der Waals surface area contributed by atoms with Crippen molar-refractivity contribution in [3.8, 4) is 11.4 Å².